The van der Waals surface area contributed by atoms with Crippen molar-refractivity contribution in [2.45, 2.75) is 13.0 Å². The van der Waals surface area contributed by atoms with Crippen LogP contribution in [0.2, 0.25) is 0 Å². The molecule has 0 aliphatic rings. The summed E-state index contributed by atoms with van der Waals surface area (Å²) in [6.45, 7) is 2.02. The standard InChI is InChI=1S/C12H10Br2OS/c1-7-3-2-4-8(10(7)14)11(15)12-9(13)5-6-16-12/h2-6,11,15H,1H3. The summed E-state index contributed by atoms with van der Waals surface area (Å²) in [5, 5.41) is 12.3. The van der Waals surface area contributed by atoms with Gasteiger partial charge in [-0.1, -0.05) is 34.1 Å². The maximum absolute atomic E-state index is 10.3. The van der Waals surface area contributed by atoms with E-state index >= 15 is 0 Å². The monoisotopic (exact) mass is 360 g/mol. The van der Waals surface area contributed by atoms with Crippen LogP contribution < -0.4 is 0 Å². The minimum Gasteiger partial charge on any atom is -0.383 e. The lowest BCUT2D eigenvalue weighted by Gasteiger charge is -2.13. The Bertz CT molecular complexity index is 507. The average molecular weight is 362 g/mol. The summed E-state index contributed by atoms with van der Waals surface area (Å²) in [6.07, 6.45) is -0.580. The van der Waals surface area contributed by atoms with Crippen LogP contribution in [-0.2, 0) is 0 Å². The van der Waals surface area contributed by atoms with Crippen molar-refractivity contribution in [3.05, 3.63) is 54.6 Å². The molecule has 0 aliphatic carbocycles. The zero-order valence-corrected chi connectivity index (χ0v) is 12.6. The van der Waals surface area contributed by atoms with Gasteiger partial charge < -0.3 is 5.11 Å². The van der Waals surface area contributed by atoms with E-state index in [0.717, 1.165) is 24.9 Å². The molecule has 0 bridgehead atoms. The van der Waals surface area contributed by atoms with E-state index in [4.69, 9.17) is 0 Å². The fraction of sp³-hybridized carbons (Fsp3) is 0.167. The molecule has 4 heteroatoms. The molecule has 0 saturated heterocycles. The molecule has 2 rings (SSSR count). The SMILES string of the molecule is Cc1cccc(C(O)c2sccc2Br)c1Br. The topological polar surface area (TPSA) is 20.2 Å². The van der Waals surface area contributed by atoms with E-state index in [1.54, 1.807) is 11.3 Å². The summed E-state index contributed by atoms with van der Waals surface area (Å²) >= 11 is 8.51. The van der Waals surface area contributed by atoms with Crippen LogP contribution in [0.3, 0.4) is 0 Å². The first-order valence-corrected chi connectivity index (χ1v) is 7.24. The van der Waals surface area contributed by atoms with Gasteiger partial charge in [0.05, 0.1) is 4.88 Å². The zero-order chi connectivity index (χ0) is 11.7. The van der Waals surface area contributed by atoms with Gasteiger partial charge in [-0.05, 0) is 39.9 Å². The highest BCUT2D eigenvalue weighted by Gasteiger charge is 2.18. The maximum atomic E-state index is 10.3. The van der Waals surface area contributed by atoms with Crippen LogP contribution in [-0.4, -0.2) is 5.11 Å². The fourth-order valence-corrected chi connectivity index (χ4v) is 3.60. The van der Waals surface area contributed by atoms with E-state index in [1.165, 1.54) is 0 Å². The van der Waals surface area contributed by atoms with Crippen molar-refractivity contribution in [1.29, 1.82) is 0 Å². The second-order valence-corrected chi connectivity index (χ2v) is 6.11. The molecule has 1 nitrogen and oxygen atoms in total. The highest BCUT2D eigenvalue weighted by atomic mass is 79.9. The fourth-order valence-electron chi connectivity index (χ4n) is 1.52. The van der Waals surface area contributed by atoms with Crippen LogP contribution >= 0.6 is 43.2 Å². The molecular formula is C12H10Br2OS. The molecule has 0 aliphatic heterocycles. The molecular weight excluding hydrogens is 352 g/mol. The van der Waals surface area contributed by atoms with E-state index < -0.39 is 6.10 Å². The Morgan fingerprint density at radius 2 is 2.00 bits per heavy atom. The second kappa shape index (κ2) is 5.00. The van der Waals surface area contributed by atoms with Crippen LogP contribution in [0.1, 0.15) is 22.1 Å². The molecule has 0 fully saturated rings. The second-order valence-electron chi connectivity index (χ2n) is 3.51. The first kappa shape index (κ1) is 12.3. The summed E-state index contributed by atoms with van der Waals surface area (Å²) in [5.41, 5.74) is 2.03. The van der Waals surface area contributed by atoms with Gasteiger partial charge in [-0.3, -0.25) is 0 Å². The molecule has 1 aromatic carbocycles. The third kappa shape index (κ3) is 2.25. The van der Waals surface area contributed by atoms with Crippen molar-refractivity contribution in [3.63, 3.8) is 0 Å². The Morgan fingerprint density at radius 1 is 1.25 bits per heavy atom. The number of thiophene rings is 1. The zero-order valence-electron chi connectivity index (χ0n) is 8.58. The van der Waals surface area contributed by atoms with Gasteiger partial charge in [0.1, 0.15) is 6.10 Å². The minimum atomic E-state index is -0.580. The molecule has 0 spiro atoms. The number of rotatable bonds is 2. The van der Waals surface area contributed by atoms with Crippen molar-refractivity contribution in [1.82, 2.24) is 0 Å². The lowest BCUT2D eigenvalue weighted by atomic mass is 10.1. The van der Waals surface area contributed by atoms with Gasteiger partial charge in [0.25, 0.3) is 0 Å². The van der Waals surface area contributed by atoms with Gasteiger partial charge in [0.2, 0.25) is 0 Å². The van der Waals surface area contributed by atoms with Gasteiger partial charge in [-0.2, -0.15) is 0 Å². The van der Waals surface area contributed by atoms with Crippen molar-refractivity contribution >= 4 is 43.2 Å². The quantitative estimate of drug-likeness (QED) is 0.824. The maximum Gasteiger partial charge on any atom is 0.115 e. The number of aliphatic hydroxyl groups excluding tert-OH is 1. The molecule has 0 radical (unpaired) electrons. The van der Waals surface area contributed by atoms with E-state index in [-0.39, 0.29) is 0 Å². The highest BCUT2D eigenvalue weighted by Crippen LogP contribution is 2.36. The Kier molecular flexibility index (Phi) is 3.85. The Labute approximate surface area is 115 Å². The number of hydrogen-bond donors (Lipinski definition) is 1. The molecule has 16 heavy (non-hydrogen) atoms. The lowest BCUT2D eigenvalue weighted by Crippen LogP contribution is -1.99. The van der Waals surface area contributed by atoms with E-state index in [9.17, 15) is 5.11 Å². The Balaban J connectivity index is 2.46. The normalized spacial score (nSPS) is 12.8. The first-order chi connectivity index (χ1) is 7.61. The van der Waals surface area contributed by atoms with Gasteiger partial charge >= 0.3 is 0 Å². The molecule has 1 aromatic heterocycles. The molecule has 0 saturated carbocycles. The summed E-state index contributed by atoms with van der Waals surface area (Å²) < 4.78 is 1.93. The lowest BCUT2D eigenvalue weighted by molar-refractivity contribution is 0.222. The molecule has 0 amide bonds. The third-order valence-electron chi connectivity index (χ3n) is 2.41. The van der Waals surface area contributed by atoms with E-state index in [1.807, 2.05) is 36.6 Å². The van der Waals surface area contributed by atoms with Crippen LogP contribution in [0.25, 0.3) is 0 Å². The first-order valence-electron chi connectivity index (χ1n) is 4.77. The Hall–Kier alpha value is -0.160. The number of benzene rings is 1. The summed E-state index contributed by atoms with van der Waals surface area (Å²) in [5.74, 6) is 0. The van der Waals surface area contributed by atoms with Gasteiger partial charge in [-0.15, -0.1) is 11.3 Å². The number of aryl methyl sites for hydroxylation is 1. The predicted molar refractivity (Wildman–Crippen MR) is 75.0 cm³/mol. The van der Waals surface area contributed by atoms with Crippen molar-refractivity contribution < 1.29 is 5.11 Å². The number of halogens is 2. The summed E-state index contributed by atoms with van der Waals surface area (Å²) in [6, 6.07) is 7.87. The largest absolute Gasteiger partial charge is 0.383 e. The van der Waals surface area contributed by atoms with Crippen LogP contribution in [0, 0.1) is 6.92 Å². The smallest absolute Gasteiger partial charge is 0.115 e. The van der Waals surface area contributed by atoms with Gasteiger partial charge in [-0.25, -0.2) is 0 Å². The summed E-state index contributed by atoms with van der Waals surface area (Å²) in [4.78, 5) is 0.936. The molecule has 2 aromatic rings. The molecule has 1 atom stereocenters. The molecule has 84 valence electrons. The molecule has 1 unspecified atom stereocenters. The van der Waals surface area contributed by atoms with Gasteiger partial charge in [0.15, 0.2) is 0 Å². The molecule has 1 N–H and O–H groups in total. The van der Waals surface area contributed by atoms with Crippen molar-refractivity contribution in [2.75, 3.05) is 0 Å². The minimum absolute atomic E-state index is 0.580. The molecule has 1 heterocycles. The van der Waals surface area contributed by atoms with E-state index in [0.29, 0.717) is 0 Å². The predicted octanol–water partition coefficient (Wildman–Crippen LogP) is 4.66. The van der Waals surface area contributed by atoms with Crippen molar-refractivity contribution in [3.8, 4) is 0 Å². The Morgan fingerprint density at radius 3 is 2.62 bits per heavy atom. The summed E-state index contributed by atoms with van der Waals surface area (Å²) in [7, 11) is 0. The van der Waals surface area contributed by atoms with Crippen molar-refractivity contribution in [2.24, 2.45) is 0 Å². The number of hydrogen-bond acceptors (Lipinski definition) is 2. The van der Waals surface area contributed by atoms with Crippen LogP contribution in [0.4, 0.5) is 0 Å². The average Bonchev–Trinajstić information content (AvgIpc) is 2.68. The van der Waals surface area contributed by atoms with Gasteiger partial charge in [0, 0.05) is 14.5 Å². The number of aliphatic hydroxyl groups is 1. The van der Waals surface area contributed by atoms with Crippen LogP contribution in [0.15, 0.2) is 38.6 Å². The van der Waals surface area contributed by atoms with Crippen LogP contribution in [0.5, 0.6) is 0 Å². The highest BCUT2D eigenvalue weighted by molar-refractivity contribution is 9.11. The third-order valence-corrected chi connectivity index (χ3v) is 5.42. The van der Waals surface area contributed by atoms with E-state index in [2.05, 4.69) is 31.9 Å².